The van der Waals surface area contributed by atoms with Gasteiger partial charge >= 0.3 is 0 Å². The largest absolute Gasteiger partial charge is 0.384 e. The third-order valence-corrected chi connectivity index (χ3v) is 7.12. The zero-order chi connectivity index (χ0) is 22.2. The summed E-state index contributed by atoms with van der Waals surface area (Å²) in [4.78, 5) is 17.7. The maximum atomic E-state index is 15.8. The number of halogens is 2. The van der Waals surface area contributed by atoms with Crippen LogP contribution in [0, 0.1) is 5.82 Å². The molecule has 0 radical (unpaired) electrons. The Balaban J connectivity index is 1.50. The molecule has 3 aromatic rings. The van der Waals surface area contributed by atoms with Crippen molar-refractivity contribution in [3.8, 4) is 11.3 Å². The van der Waals surface area contributed by atoms with E-state index >= 15 is 4.39 Å². The van der Waals surface area contributed by atoms with E-state index < -0.39 is 0 Å². The minimum absolute atomic E-state index is 0.284. The van der Waals surface area contributed by atoms with Crippen LogP contribution >= 0.6 is 23.4 Å². The third-order valence-electron chi connectivity index (χ3n) is 5.77. The van der Waals surface area contributed by atoms with E-state index in [1.54, 1.807) is 6.07 Å². The molecule has 2 aromatic carbocycles. The second kappa shape index (κ2) is 8.61. The molecule has 0 aliphatic carbocycles. The third kappa shape index (κ3) is 3.68. The Labute approximate surface area is 194 Å². The fourth-order valence-electron chi connectivity index (χ4n) is 4.23. The normalized spacial score (nSPS) is 16.8. The fraction of sp³-hybridized carbons (Fsp3) is 0.217. The van der Waals surface area contributed by atoms with E-state index in [4.69, 9.17) is 17.3 Å². The van der Waals surface area contributed by atoms with Gasteiger partial charge in [-0.25, -0.2) is 14.4 Å². The van der Waals surface area contributed by atoms with Crippen molar-refractivity contribution in [1.29, 1.82) is 0 Å². The smallest absolute Gasteiger partial charge is 0.149 e. The maximum absolute atomic E-state index is 15.8. The number of allylic oxidation sites excluding steroid dienone is 1. The number of rotatable bonds is 4. The van der Waals surface area contributed by atoms with Crippen LogP contribution in [0.5, 0.6) is 0 Å². The van der Waals surface area contributed by atoms with Crippen molar-refractivity contribution in [2.75, 3.05) is 42.8 Å². The second-order valence-corrected chi connectivity index (χ2v) is 9.02. The molecule has 0 bridgehead atoms. The highest BCUT2D eigenvalue weighted by atomic mass is 35.5. The molecular weight excluding hydrogens is 449 g/mol. The van der Waals surface area contributed by atoms with E-state index in [0.29, 0.717) is 27.3 Å². The Morgan fingerprint density at radius 3 is 2.72 bits per heavy atom. The summed E-state index contributed by atoms with van der Waals surface area (Å²) < 4.78 is 15.8. The van der Waals surface area contributed by atoms with E-state index in [1.807, 2.05) is 36.5 Å². The minimum Gasteiger partial charge on any atom is -0.384 e. The molecule has 0 unspecified atom stereocenters. The molecule has 3 heterocycles. The first-order chi connectivity index (χ1) is 15.6. The number of nitrogens with two attached hydrogens (primary N) is 1. The molecule has 0 atom stereocenters. The number of aromatic nitrogens is 1. The molecule has 6 nitrogen and oxygen atoms in total. The SMILES string of the molecule is Nc1cc2ccccc2c(-c2c(Cl)cc3c(c2F)SCN3N2CCN(C=CC=O)CC2)n1. The number of aldehydes is 1. The van der Waals surface area contributed by atoms with E-state index in [0.717, 1.165) is 48.9 Å². The van der Waals surface area contributed by atoms with Gasteiger partial charge in [-0.1, -0.05) is 47.6 Å². The highest BCUT2D eigenvalue weighted by Crippen LogP contribution is 2.48. The number of piperazine rings is 1. The van der Waals surface area contributed by atoms with Crippen molar-refractivity contribution in [3.05, 3.63) is 59.5 Å². The lowest BCUT2D eigenvalue weighted by Crippen LogP contribution is -2.52. The van der Waals surface area contributed by atoms with Crippen LogP contribution in [0.15, 0.2) is 53.6 Å². The number of thioether (sulfide) groups is 1. The van der Waals surface area contributed by atoms with Crippen LogP contribution in [0.4, 0.5) is 15.9 Å². The number of nitrogen functional groups attached to an aromatic ring is 1. The van der Waals surface area contributed by atoms with Gasteiger partial charge in [-0.15, -0.1) is 0 Å². The second-order valence-electron chi connectivity index (χ2n) is 7.65. The number of fused-ring (bicyclic) bond motifs is 2. The first kappa shape index (κ1) is 21.1. The summed E-state index contributed by atoms with van der Waals surface area (Å²) in [5.41, 5.74) is 7.52. The molecule has 2 N–H and O–H groups in total. The number of carbonyl (C=O) groups excluding carboxylic acids is 1. The molecule has 2 aliphatic heterocycles. The lowest BCUT2D eigenvalue weighted by atomic mass is 10.0. The van der Waals surface area contributed by atoms with Crippen molar-refractivity contribution in [3.63, 3.8) is 0 Å². The van der Waals surface area contributed by atoms with Gasteiger partial charge in [0.2, 0.25) is 0 Å². The first-order valence-electron chi connectivity index (χ1n) is 10.3. The molecule has 0 spiro atoms. The standard InChI is InChI=1S/C23H21ClFN5OS/c24-17-13-18-23(32-14-30(18)29-9-7-28(8-10-29)6-3-11-31)21(25)20(17)22-16-5-2-1-4-15(16)12-19(26)27-22/h1-6,11-13H,7-10,14H2,(H2,26,27). The zero-order valence-electron chi connectivity index (χ0n) is 17.2. The van der Waals surface area contributed by atoms with Crippen molar-refractivity contribution in [1.82, 2.24) is 14.9 Å². The van der Waals surface area contributed by atoms with Gasteiger partial charge in [-0.3, -0.25) is 9.80 Å². The van der Waals surface area contributed by atoms with Crippen LogP contribution in [-0.4, -0.2) is 53.2 Å². The number of nitrogens with zero attached hydrogens (tertiary/aromatic N) is 4. The molecule has 1 aromatic heterocycles. The van der Waals surface area contributed by atoms with Gasteiger partial charge < -0.3 is 10.6 Å². The molecule has 32 heavy (non-hydrogen) atoms. The van der Waals surface area contributed by atoms with E-state index in [-0.39, 0.29) is 11.4 Å². The summed E-state index contributed by atoms with van der Waals surface area (Å²) in [5, 5.41) is 6.30. The predicted octanol–water partition coefficient (Wildman–Crippen LogP) is 4.39. The first-order valence-corrected chi connectivity index (χ1v) is 11.6. The Hall–Kier alpha value is -2.81. The summed E-state index contributed by atoms with van der Waals surface area (Å²) in [5.74, 6) is 0.572. The molecule has 2 aliphatic rings. The van der Waals surface area contributed by atoms with Gasteiger partial charge in [0, 0.05) is 37.8 Å². The quantitative estimate of drug-likeness (QED) is 0.449. The minimum atomic E-state index is -0.365. The molecule has 0 amide bonds. The molecule has 0 saturated carbocycles. The van der Waals surface area contributed by atoms with Crippen molar-refractivity contribution in [2.24, 2.45) is 0 Å². The zero-order valence-corrected chi connectivity index (χ0v) is 18.7. The Kier molecular flexibility index (Phi) is 5.67. The number of pyridine rings is 1. The summed E-state index contributed by atoms with van der Waals surface area (Å²) in [7, 11) is 0. The Bertz CT molecular complexity index is 1230. The number of carbonyl (C=O) groups is 1. The number of hydrogen-bond donors (Lipinski definition) is 1. The van der Waals surface area contributed by atoms with E-state index in [9.17, 15) is 4.79 Å². The van der Waals surface area contributed by atoms with Crippen molar-refractivity contribution >= 4 is 51.9 Å². The molecule has 1 fully saturated rings. The highest BCUT2D eigenvalue weighted by molar-refractivity contribution is 7.99. The van der Waals surface area contributed by atoms with Crippen molar-refractivity contribution in [2.45, 2.75) is 4.90 Å². The average molecular weight is 470 g/mol. The fourth-order valence-corrected chi connectivity index (χ4v) is 5.60. The topological polar surface area (TPSA) is 65.7 Å². The van der Waals surface area contributed by atoms with Crippen molar-refractivity contribution < 1.29 is 9.18 Å². The monoisotopic (exact) mass is 469 g/mol. The van der Waals surface area contributed by atoms with Gasteiger partial charge in [-0.05, 0) is 23.6 Å². The van der Waals surface area contributed by atoms with Gasteiger partial charge in [0.1, 0.15) is 17.9 Å². The Morgan fingerprint density at radius 1 is 1.16 bits per heavy atom. The van der Waals surface area contributed by atoms with Gasteiger partial charge in [-0.2, -0.15) is 0 Å². The molecule has 9 heteroatoms. The van der Waals surface area contributed by atoms with Crippen LogP contribution < -0.4 is 10.7 Å². The van der Waals surface area contributed by atoms with Crippen LogP contribution in [0.2, 0.25) is 5.02 Å². The number of benzene rings is 2. The number of hydrazine groups is 1. The Morgan fingerprint density at radius 2 is 1.94 bits per heavy atom. The summed E-state index contributed by atoms with van der Waals surface area (Å²) >= 11 is 8.12. The van der Waals surface area contributed by atoms with Gasteiger partial charge in [0.25, 0.3) is 0 Å². The van der Waals surface area contributed by atoms with Gasteiger partial charge in [0.05, 0.1) is 32.7 Å². The molecule has 1 saturated heterocycles. The summed E-state index contributed by atoms with van der Waals surface area (Å²) in [6, 6.07) is 11.2. The highest BCUT2D eigenvalue weighted by Gasteiger charge is 2.32. The van der Waals surface area contributed by atoms with Crippen LogP contribution in [0.25, 0.3) is 22.0 Å². The van der Waals surface area contributed by atoms with Crippen LogP contribution in [-0.2, 0) is 4.79 Å². The summed E-state index contributed by atoms with van der Waals surface area (Å²) in [6.45, 7) is 3.11. The number of hydrogen-bond acceptors (Lipinski definition) is 7. The average Bonchev–Trinajstić information content (AvgIpc) is 3.22. The van der Waals surface area contributed by atoms with Gasteiger partial charge in [0.15, 0.2) is 0 Å². The lowest BCUT2D eigenvalue weighted by Gasteiger charge is -2.40. The molecule has 5 rings (SSSR count). The summed E-state index contributed by atoms with van der Waals surface area (Å²) in [6.07, 6.45) is 4.09. The lowest BCUT2D eigenvalue weighted by molar-refractivity contribution is -0.104. The van der Waals surface area contributed by atoms with E-state index in [2.05, 4.69) is 19.9 Å². The van der Waals surface area contributed by atoms with E-state index in [1.165, 1.54) is 17.8 Å². The maximum Gasteiger partial charge on any atom is 0.149 e. The molecular formula is C23H21ClFN5OS. The molecule has 164 valence electrons. The number of anilines is 2. The predicted molar refractivity (Wildman–Crippen MR) is 128 cm³/mol. The van der Waals surface area contributed by atoms with Crippen LogP contribution in [0.3, 0.4) is 0 Å². The van der Waals surface area contributed by atoms with Crippen LogP contribution in [0.1, 0.15) is 0 Å².